The molecule has 0 spiro atoms. The molecule has 0 heterocycles. The summed E-state index contributed by atoms with van der Waals surface area (Å²) in [5, 5.41) is 0. The highest BCUT2D eigenvalue weighted by Gasteiger charge is 2.21. The molecule has 0 saturated heterocycles. The fraction of sp³-hybridized carbons (Fsp3) is 0.478. The maximum atomic E-state index is 2.70. The maximum Gasteiger partial charge on any atom is 0.0322 e. The minimum Gasteiger partial charge on any atom is -0.297 e. The average molecular weight is 447 g/mol. The number of halogens is 1. The normalized spacial score (nSPS) is 14.7. The molecule has 0 saturated carbocycles. The molecule has 0 amide bonds. The Morgan fingerprint density at radius 1 is 1.04 bits per heavy atom. The van der Waals surface area contributed by atoms with Gasteiger partial charge < -0.3 is 0 Å². The highest BCUT2D eigenvalue weighted by molar-refractivity contribution is 14.1. The Bertz CT molecular complexity index is 677. The van der Waals surface area contributed by atoms with Crippen molar-refractivity contribution in [3.8, 4) is 0 Å². The van der Waals surface area contributed by atoms with Gasteiger partial charge in [0.2, 0.25) is 0 Å². The Hall–Kier alpha value is -0.870. The summed E-state index contributed by atoms with van der Waals surface area (Å²) in [6.07, 6.45) is 7.52. The van der Waals surface area contributed by atoms with Crippen LogP contribution in [0, 0.1) is 3.57 Å². The van der Waals surface area contributed by atoms with Crippen LogP contribution in [-0.2, 0) is 19.3 Å². The van der Waals surface area contributed by atoms with Gasteiger partial charge in [0.15, 0.2) is 0 Å². The lowest BCUT2D eigenvalue weighted by molar-refractivity contribution is 0.207. The summed E-state index contributed by atoms with van der Waals surface area (Å²) in [5.41, 5.74) is 6.29. The van der Waals surface area contributed by atoms with Gasteiger partial charge in [0.25, 0.3) is 0 Å². The van der Waals surface area contributed by atoms with E-state index < -0.39 is 0 Å². The summed E-state index contributed by atoms with van der Waals surface area (Å²) in [6, 6.07) is 16.5. The molecular formula is C23H30IN. The molecule has 0 aliphatic heterocycles. The van der Waals surface area contributed by atoms with Crippen molar-refractivity contribution in [2.45, 2.75) is 58.4 Å². The van der Waals surface area contributed by atoms with E-state index >= 15 is 0 Å². The largest absolute Gasteiger partial charge is 0.297 e. The second kappa shape index (κ2) is 9.18. The van der Waals surface area contributed by atoms with Crippen molar-refractivity contribution in [3.63, 3.8) is 0 Å². The molecule has 25 heavy (non-hydrogen) atoms. The third kappa shape index (κ3) is 4.85. The van der Waals surface area contributed by atoms with Crippen molar-refractivity contribution < 1.29 is 0 Å². The Kier molecular flexibility index (Phi) is 6.94. The molecule has 1 nitrogen and oxygen atoms in total. The van der Waals surface area contributed by atoms with Crippen LogP contribution < -0.4 is 0 Å². The molecular weight excluding hydrogens is 417 g/mol. The van der Waals surface area contributed by atoms with Gasteiger partial charge >= 0.3 is 0 Å². The van der Waals surface area contributed by atoms with Gasteiger partial charge in [-0.3, -0.25) is 4.90 Å². The zero-order valence-electron chi connectivity index (χ0n) is 15.6. The van der Waals surface area contributed by atoms with Gasteiger partial charge in [0, 0.05) is 9.61 Å². The number of hydrogen-bond donors (Lipinski definition) is 0. The summed E-state index contributed by atoms with van der Waals surface area (Å²) in [4.78, 5) is 2.70. The maximum absolute atomic E-state index is 2.70. The smallest absolute Gasteiger partial charge is 0.0322 e. The molecule has 1 aliphatic rings. The molecule has 0 aromatic heterocycles. The molecule has 0 radical (unpaired) electrons. The minimum absolute atomic E-state index is 0.532. The van der Waals surface area contributed by atoms with Crippen LogP contribution in [-0.4, -0.2) is 18.0 Å². The van der Waals surface area contributed by atoms with Gasteiger partial charge in [-0.1, -0.05) is 37.3 Å². The van der Waals surface area contributed by atoms with Crippen LogP contribution in [0.3, 0.4) is 0 Å². The summed E-state index contributed by atoms with van der Waals surface area (Å²) in [7, 11) is 0. The highest BCUT2D eigenvalue weighted by Crippen LogP contribution is 2.32. The lowest BCUT2D eigenvalue weighted by Crippen LogP contribution is -2.30. The lowest BCUT2D eigenvalue weighted by Gasteiger charge is -2.30. The van der Waals surface area contributed by atoms with Crippen LogP contribution in [0.15, 0.2) is 42.5 Å². The molecule has 0 bridgehead atoms. The van der Waals surface area contributed by atoms with Crippen molar-refractivity contribution in [2.24, 2.45) is 0 Å². The van der Waals surface area contributed by atoms with E-state index in [4.69, 9.17) is 0 Å². The van der Waals surface area contributed by atoms with Gasteiger partial charge in [-0.15, -0.1) is 0 Å². The summed E-state index contributed by atoms with van der Waals surface area (Å²) in [6.45, 7) is 7.09. The predicted octanol–water partition coefficient (Wildman–Crippen LogP) is 6.19. The topological polar surface area (TPSA) is 3.24 Å². The van der Waals surface area contributed by atoms with Crippen LogP contribution in [0.1, 0.15) is 61.4 Å². The first-order valence-corrected chi connectivity index (χ1v) is 10.9. The van der Waals surface area contributed by atoms with E-state index in [-0.39, 0.29) is 0 Å². The first kappa shape index (κ1) is 18.9. The molecule has 0 N–H and O–H groups in total. The fourth-order valence-electron chi connectivity index (χ4n) is 4.16. The minimum atomic E-state index is 0.532. The van der Waals surface area contributed by atoms with E-state index in [0.29, 0.717) is 6.04 Å². The third-order valence-corrected chi connectivity index (χ3v) is 6.23. The quantitative estimate of drug-likeness (QED) is 0.437. The fourth-order valence-corrected chi connectivity index (χ4v) is 4.52. The number of aryl methyl sites for hydroxylation is 2. The number of nitrogens with zero attached hydrogens (tertiary/aromatic N) is 1. The number of hydrogen-bond acceptors (Lipinski definition) is 1. The first-order valence-electron chi connectivity index (χ1n) is 9.78. The monoisotopic (exact) mass is 447 g/mol. The second-order valence-corrected chi connectivity index (χ2v) is 8.53. The SMILES string of the molecule is CCCN(CCCc1ccc(I)cc1)[C@H](C)c1cccc2c1CCC2. The van der Waals surface area contributed by atoms with Crippen molar-refractivity contribution in [1.29, 1.82) is 0 Å². The van der Waals surface area contributed by atoms with E-state index in [2.05, 4.69) is 83.8 Å². The average Bonchev–Trinajstić information content (AvgIpc) is 3.11. The molecule has 1 aliphatic carbocycles. The van der Waals surface area contributed by atoms with E-state index in [1.54, 1.807) is 16.7 Å². The third-order valence-electron chi connectivity index (χ3n) is 5.51. The van der Waals surface area contributed by atoms with E-state index in [1.165, 1.54) is 60.7 Å². The van der Waals surface area contributed by atoms with Crippen molar-refractivity contribution >= 4 is 22.6 Å². The zero-order chi connectivity index (χ0) is 17.6. The number of fused-ring (bicyclic) bond motifs is 1. The molecule has 1 atom stereocenters. The molecule has 2 aromatic rings. The molecule has 2 aromatic carbocycles. The van der Waals surface area contributed by atoms with Crippen LogP contribution in [0.5, 0.6) is 0 Å². The zero-order valence-corrected chi connectivity index (χ0v) is 17.8. The molecule has 0 unspecified atom stereocenters. The molecule has 2 heteroatoms. The number of benzene rings is 2. The first-order chi connectivity index (χ1) is 12.2. The van der Waals surface area contributed by atoms with Gasteiger partial charge in [0.1, 0.15) is 0 Å². The van der Waals surface area contributed by atoms with Gasteiger partial charge in [-0.25, -0.2) is 0 Å². The Labute approximate surface area is 167 Å². The van der Waals surface area contributed by atoms with Gasteiger partial charge in [-0.05, 0) is 116 Å². The summed E-state index contributed by atoms with van der Waals surface area (Å²) in [5.74, 6) is 0. The molecule has 134 valence electrons. The van der Waals surface area contributed by atoms with E-state index in [1.807, 2.05) is 0 Å². The van der Waals surface area contributed by atoms with E-state index in [9.17, 15) is 0 Å². The van der Waals surface area contributed by atoms with Gasteiger partial charge in [-0.2, -0.15) is 0 Å². The van der Waals surface area contributed by atoms with Crippen LogP contribution in [0.25, 0.3) is 0 Å². The highest BCUT2D eigenvalue weighted by atomic mass is 127. The van der Waals surface area contributed by atoms with Crippen molar-refractivity contribution in [1.82, 2.24) is 4.90 Å². The number of rotatable bonds is 8. The lowest BCUT2D eigenvalue weighted by atomic mass is 9.96. The van der Waals surface area contributed by atoms with E-state index in [0.717, 1.165) is 0 Å². The van der Waals surface area contributed by atoms with Crippen LogP contribution in [0.4, 0.5) is 0 Å². The standard InChI is InChI=1S/C23H30IN/c1-3-16-25(17-6-7-19-12-14-21(24)15-13-19)18(2)22-10-4-8-20-9-5-11-23(20)22/h4,8,10,12-15,18H,3,5-7,9,11,16-17H2,1-2H3/t18-/m1/s1. The second-order valence-electron chi connectivity index (χ2n) is 7.28. The van der Waals surface area contributed by atoms with Crippen LogP contribution in [0.2, 0.25) is 0 Å². The summed E-state index contributed by atoms with van der Waals surface area (Å²) < 4.78 is 1.32. The summed E-state index contributed by atoms with van der Waals surface area (Å²) >= 11 is 2.38. The molecule has 0 fully saturated rings. The molecule has 3 rings (SSSR count). The Balaban J connectivity index is 1.64. The van der Waals surface area contributed by atoms with Crippen molar-refractivity contribution in [3.05, 3.63) is 68.3 Å². The Morgan fingerprint density at radius 2 is 1.84 bits per heavy atom. The van der Waals surface area contributed by atoms with Gasteiger partial charge in [0.05, 0.1) is 0 Å². The van der Waals surface area contributed by atoms with Crippen molar-refractivity contribution in [2.75, 3.05) is 13.1 Å². The Morgan fingerprint density at radius 3 is 2.60 bits per heavy atom. The predicted molar refractivity (Wildman–Crippen MR) is 116 cm³/mol. The van der Waals surface area contributed by atoms with Crippen LogP contribution >= 0.6 is 22.6 Å².